The van der Waals surface area contributed by atoms with E-state index in [4.69, 9.17) is 42.6 Å². The first-order valence-corrected chi connectivity index (χ1v) is 35.6. The number of aliphatic hydroxyl groups excluding tert-OH is 1. The van der Waals surface area contributed by atoms with Gasteiger partial charge in [0.25, 0.3) is 0 Å². The molecule has 4 aromatic carbocycles. The molecule has 25 nitrogen and oxygen atoms in total. The van der Waals surface area contributed by atoms with Crippen LogP contribution in [-0.2, 0) is 92.7 Å². The van der Waals surface area contributed by atoms with Crippen LogP contribution in [0.5, 0.6) is 34.5 Å². The molecular formula is C77H89N3O22. The molecule has 6 heterocycles. The molecule has 25 heteroatoms. The van der Waals surface area contributed by atoms with Gasteiger partial charge in [-0.25, -0.2) is 19.2 Å². The number of likely N-dealkylation sites (tertiary alicyclic amines) is 3. The normalized spacial score (nSPS) is 32.0. The highest BCUT2D eigenvalue weighted by Crippen LogP contribution is 2.69. The molecule has 4 aromatic rings. The molecule has 6 unspecified atom stereocenters. The predicted octanol–water partition coefficient (Wildman–Crippen LogP) is 6.16. The largest absolute Gasteiger partial charge is 0.504 e. The molecule has 3 saturated heterocycles. The smallest absolute Gasteiger partial charge is 0.357 e. The highest BCUT2D eigenvalue weighted by molar-refractivity contribution is 5.83. The molecule has 7 N–H and O–H groups in total. The number of likely N-dealkylation sites (N-methyl/N-ethyl adjacent to an activating group) is 3. The summed E-state index contributed by atoms with van der Waals surface area (Å²) in [6, 6.07) is 18.9. The van der Waals surface area contributed by atoms with Crippen LogP contribution in [0.2, 0.25) is 0 Å². The van der Waals surface area contributed by atoms with Crippen LogP contribution in [0.1, 0.15) is 150 Å². The second-order valence-corrected chi connectivity index (χ2v) is 29.5. The monoisotopic (exact) mass is 1410 g/mol. The summed E-state index contributed by atoms with van der Waals surface area (Å²) in [4.78, 5) is 81.5. The molecule has 0 saturated carbocycles. The van der Waals surface area contributed by atoms with Gasteiger partial charge in [-0.1, -0.05) is 69.3 Å². The van der Waals surface area contributed by atoms with Crippen molar-refractivity contribution in [2.75, 3.05) is 40.8 Å². The predicted molar refractivity (Wildman–Crippen MR) is 361 cm³/mol. The van der Waals surface area contributed by atoms with Crippen LogP contribution in [-0.4, -0.2) is 199 Å². The maximum Gasteiger partial charge on any atom is 0.357 e. The number of hydrogen-bond acceptors (Lipinski definition) is 25. The zero-order valence-corrected chi connectivity index (χ0v) is 58.5. The number of ether oxygens (including phenoxy) is 9. The molecule has 0 amide bonds. The second-order valence-electron chi connectivity index (χ2n) is 29.5. The standard InChI is InChI=1S/C29H31NO7.C24H29NO8.C24H29NO7/c1-3-7-22(32)36-24(17-8-5-4-6-9-17)27(33)35-20-12-13-29(34)21-16-18-10-11-19(31)25-23(18)28(29,26(20)37-25)14-15-30(21)2;1-4-14(26)22(29)31-12(2)21(28)32-16-7-8-24(30)17-11-13-5-6-15(27)19-18(13)23(24,20(16)33-19)9-10-25(17)3;1-4-5-18(27)30-13(2)22(28)31-16-8-9-24(29)17-12-14-6-7-15(26)20-19(14)23(24,21(16)32-20)10-11-25(17)3/h4-6,8-12,21,24,26,31,34H,3,7,13-16H2,1-2H3;5-7,12,14,17,20,26-27,30H,4,8-11H2,1-3H3;6-8,13,17,21,26,29H,4-5,9-12H2,1-3H3/t21-,24+,26?,28?,29-;12-,14-,17+,20?,23?,24+;13-,17+,21?,23?,24+/m100/s1. The van der Waals surface area contributed by atoms with Crippen molar-refractivity contribution in [1.82, 2.24) is 14.7 Å². The average molecular weight is 1410 g/mol. The fraction of sp³-hybridized carbons (Fsp3) is 0.532. The van der Waals surface area contributed by atoms with Gasteiger partial charge in [-0.2, -0.15) is 0 Å². The molecule has 16 rings (SSSR count). The fourth-order valence-electron chi connectivity index (χ4n) is 19.1. The number of nitrogens with zero attached hydrogens (tertiary/aromatic N) is 3. The van der Waals surface area contributed by atoms with Gasteiger partial charge in [0.05, 0.1) is 33.0 Å². The summed E-state index contributed by atoms with van der Waals surface area (Å²) >= 11 is 0. The minimum absolute atomic E-state index is 0.00332. The minimum Gasteiger partial charge on any atom is -0.504 e. The van der Waals surface area contributed by atoms with Gasteiger partial charge < -0.3 is 93.1 Å². The van der Waals surface area contributed by atoms with Gasteiger partial charge in [-0.15, -0.1) is 0 Å². The van der Waals surface area contributed by atoms with Crippen molar-refractivity contribution in [3.63, 3.8) is 0 Å². The van der Waals surface area contributed by atoms with Crippen molar-refractivity contribution in [2.45, 2.75) is 218 Å². The Balaban J connectivity index is 0.000000130. The quantitative estimate of drug-likeness (QED) is 0.0488. The van der Waals surface area contributed by atoms with E-state index in [9.17, 15) is 64.5 Å². The summed E-state index contributed by atoms with van der Waals surface area (Å²) in [7, 11) is 6.02. The van der Waals surface area contributed by atoms with Crippen molar-refractivity contribution in [3.05, 3.63) is 141 Å². The Kier molecular flexibility index (Phi) is 18.0. The van der Waals surface area contributed by atoms with Crippen LogP contribution in [0.25, 0.3) is 0 Å². The van der Waals surface area contributed by atoms with Crippen molar-refractivity contribution >= 4 is 35.8 Å². The van der Waals surface area contributed by atoms with Crippen LogP contribution < -0.4 is 14.2 Å². The highest BCUT2D eigenvalue weighted by Gasteiger charge is 2.75. The maximum atomic E-state index is 13.5. The van der Waals surface area contributed by atoms with E-state index < -0.39 is 112 Å². The summed E-state index contributed by atoms with van der Waals surface area (Å²) in [5.41, 5.74) is 0.0524. The number of aliphatic hydroxyl groups is 4. The summed E-state index contributed by atoms with van der Waals surface area (Å²) in [6.07, 6.45) is 4.19. The molecule has 6 aliphatic heterocycles. The van der Waals surface area contributed by atoms with Crippen LogP contribution in [0, 0.1) is 0 Å². The van der Waals surface area contributed by atoms with E-state index in [0.29, 0.717) is 92.9 Å². The Morgan fingerprint density at radius 2 is 0.843 bits per heavy atom. The molecule has 3 spiro atoms. The summed E-state index contributed by atoms with van der Waals surface area (Å²) in [6.45, 7) is 10.4. The van der Waals surface area contributed by atoms with E-state index in [0.717, 1.165) is 46.5 Å². The lowest BCUT2D eigenvalue weighted by Gasteiger charge is -2.61. The van der Waals surface area contributed by atoms with Gasteiger partial charge in [0, 0.05) is 72.5 Å². The lowest BCUT2D eigenvalue weighted by molar-refractivity contribution is -0.177. The molecule has 102 heavy (non-hydrogen) atoms. The van der Waals surface area contributed by atoms with Crippen molar-refractivity contribution in [1.29, 1.82) is 0 Å². The molecule has 16 atom stereocenters. The van der Waals surface area contributed by atoms with E-state index in [2.05, 4.69) is 14.7 Å². The third-order valence-electron chi connectivity index (χ3n) is 24.1. The van der Waals surface area contributed by atoms with Gasteiger partial charge in [0.15, 0.2) is 71.1 Å². The van der Waals surface area contributed by atoms with E-state index in [1.807, 2.05) is 59.3 Å². The number of phenols is 3. The fourth-order valence-corrected chi connectivity index (χ4v) is 19.1. The topological polar surface area (TPSA) is 337 Å². The number of hydrogen-bond donors (Lipinski definition) is 7. The molecule has 0 aromatic heterocycles. The van der Waals surface area contributed by atoms with Crippen molar-refractivity contribution in [2.24, 2.45) is 0 Å². The molecule has 544 valence electrons. The molecular weight excluding hydrogens is 1320 g/mol. The van der Waals surface area contributed by atoms with Crippen molar-refractivity contribution in [3.8, 4) is 34.5 Å². The Bertz CT molecular complexity index is 4190. The first-order valence-electron chi connectivity index (χ1n) is 35.6. The van der Waals surface area contributed by atoms with E-state index in [1.54, 1.807) is 67.6 Å². The molecule has 3 fully saturated rings. The Morgan fingerprint density at radius 1 is 0.490 bits per heavy atom. The van der Waals surface area contributed by atoms with Crippen molar-refractivity contribution < 1.29 is 107 Å². The van der Waals surface area contributed by atoms with Gasteiger partial charge in [-0.3, -0.25) is 9.59 Å². The number of piperidine rings is 3. The zero-order chi connectivity index (χ0) is 72.5. The van der Waals surface area contributed by atoms with Gasteiger partial charge in [0.1, 0.15) is 17.3 Å². The lowest BCUT2D eigenvalue weighted by Crippen LogP contribution is -2.74. The molecule has 12 aliphatic rings. The molecule has 6 bridgehead atoms. The average Bonchev–Trinajstić information content (AvgIpc) is 1.44. The lowest BCUT2D eigenvalue weighted by atomic mass is 9.50. The van der Waals surface area contributed by atoms with Crippen LogP contribution in [0.15, 0.2) is 102 Å². The number of aromatic hydroxyl groups is 3. The number of phenolic OH excluding ortho intramolecular Hbond substituents is 3. The molecule has 0 radical (unpaired) electrons. The summed E-state index contributed by atoms with van der Waals surface area (Å²) < 4.78 is 51.9. The van der Waals surface area contributed by atoms with E-state index in [-0.39, 0.29) is 79.0 Å². The minimum atomic E-state index is -1.31. The number of esters is 6. The van der Waals surface area contributed by atoms with Gasteiger partial charge >= 0.3 is 35.8 Å². The third-order valence-corrected chi connectivity index (χ3v) is 24.1. The Morgan fingerprint density at radius 3 is 1.21 bits per heavy atom. The maximum absolute atomic E-state index is 13.5. The Hall–Kier alpha value is -8.56. The van der Waals surface area contributed by atoms with Gasteiger partial charge in [-0.05, 0) is 166 Å². The molecule has 6 aliphatic carbocycles. The number of carbonyl (C=O) groups excluding carboxylic acids is 6. The second kappa shape index (κ2) is 26.0. The summed E-state index contributed by atoms with van der Waals surface area (Å²) in [5.74, 6) is -2.21. The first kappa shape index (κ1) is 70.5. The zero-order valence-electron chi connectivity index (χ0n) is 58.5. The number of benzene rings is 4. The highest BCUT2D eigenvalue weighted by atomic mass is 16.6. The van der Waals surface area contributed by atoms with E-state index >= 15 is 0 Å². The van der Waals surface area contributed by atoms with Crippen LogP contribution in [0.4, 0.5) is 0 Å². The van der Waals surface area contributed by atoms with Crippen LogP contribution >= 0.6 is 0 Å². The van der Waals surface area contributed by atoms with Gasteiger partial charge in [0.2, 0.25) is 6.10 Å². The first-order chi connectivity index (χ1) is 48.7. The van der Waals surface area contributed by atoms with Crippen LogP contribution in [0.3, 0.4) is 0 Å². The number of rotatable bonds is 16. The number of carbonyl (C=O) groups is 6. The summed E-state index contributed by atoms with van der Waals surface area (Å²) in [5, 5.41) is 77.8. The van der Waals surface area contributed by atoms with E-state index in [1.165, 1.54) is 13.8 Å². The SMILES string of the molecule is CCCC(=O)O[C@@H](C)C(=O)OC1=CC[C@@]2(O)[C@H]3Cc4ccc(O)c5c4C2(CCN3C)C1O5.CCCC(=O)O[C@H](C(=O)OC1=CC[C@@]2(O)[C@H]3Cc4ccc(O)c5c4C2(CCN3C)C1O5)c1ccccc1.CC[C@H](O)C(=O)O[C@@H](C)C(=O)OC1=CC[C@@]2(O)[C@H]3Cc4ccc(O)c5c4C2(CCN3C)C1O5. The third kappa shape index (κ3) is 10.5. The Labute approximate surface area is 590 Å².